The third-order valence-electron chi connectivity index (χ3n) is 1.53. The summed E-state index contributed by atoms with van der Waals surface area (Å²) in [4.78, 5) is 10.5. The highest BCUT2D eigenvalue weighted by Crippen LogP contribution is 2.16. The van der Waals surface area contributed by atoms with Gasteiger partial charge >= 0.3 is 5.97 Å². The maximum absolute atomic E-state index is 10.5. The second-order valence-corrected chi connectivity index (χ2v) is 2.62. The van der Waals surface area contributed by atoms with Gasteiger partial charge in [-0.15, -0.1) is 11.6 Å². The van der Waals surface area contributed by atoms with Gasteiger partial charge in [0.05, 0.1) is 5.56 Å². The number of aromatic carboxylic acids is 1. The van der Waals surface area contributed by atoms with Crippen LogP contribution in [0.4, 0.5) is 5.69 Å². The summed E-state index contributed by atoms with van der Waals surface area (Å²) in [6, 6.07) is 4.47. The standard InChI is InChI=1S/C8H8ClNO2/c9-4-6-3-5(8(11)12)1-2-7(6)10/h1-3H,4,10H2,(H,11,12). The van der Waals surface area contributed by atoms with E-state index in [4.69, 9.17) is 22.4 Å². The van der Waals surface area contributed by atoms with E-state index in [1.807, 2.05) is 0 Å². The first-order chi connectivity index (χ1) is 5.65. The molecular formula is C8H8ClNO2. The van der Waals surface area contributed by atoms with Gasteiger partial charge in [0.1, 0.15) is 0 Å². The molecule has 0 spiro atoms. The first-order valence-corrected chi connectivity index (χ1v) is 3.86. The van der Waals surface area contributed by atoms with E-state index in [1.54, 1.807) is 6.07 Å². The highest BCUT2D eigenvalue weighted by molar-refractivity contribution is 6.17. The van der Waals surface area contributed by atoms with E-state index >= 15 is 0 Å². The van der Waals surface area contributed by atoms with Gasteiger partial charge < -0.3 is 10.8 Å². The van der Waals surface area contributed by atoms with Crippen molar-refractivity contribution in [2.75, 3.05) is 5.73 Å². The molecule has 1 rings (SSSR count). The minimum absolute atomic E-state index is 0.208. The minimum atomic E-state index is -0.971. The molecule has 12 heavy (non-hydrogen) atoms. The summed E-state index contributed by atoms with van der Waals surface area (Å²) in [5.74, 6) is -0.742. The SMILES string of the molecule is Nc1ccc(C(=O)O)cc1CCl. The van der Waals surface area contributed by atoms with Gasteiger partial charge in [0.2, 0.25) is 0 Å². The number of carboxylic acids is 1. The van der Waals surface area contributed by atoms with E-state index in [0.717, 1.165) is 0 Å². The largest absolute Gasteiger partial charge is 0.478 e. The van der Waals surface area contributed by atoms with E-state index in [0.29, 0.717) is 11.3 Å². The third-order valence-corrected chi connectivity index (χ3v) is 1.82. The van der Waals surface area contributed by atoms with Gasteiger partial charge in [-0.1, -0.05) is 0 Å². The number of halogens is 1. The zero-order chi connectivity index (χ0) is 9.14. The summed E-state index contributed by atoms with van der Waals surface area (Å²) in [6.45, 7) is 0. The molecule has 4 heteroatoms. The number of benzene rings is 1. The van der Waals surface area contributed by atoms with Gasteiger partial charge in [-0.2, -0.15) is 0 Å². The lowest BCUT2D eigenvalue weighted by molar-refractivity contribution is 0.0697. The van der Waals surface area contributed by atoms with Crippen molar-refractivity contribution in [1.29, 1.82) is 0 Å². The van der Waals surface area contributed by atoms with Crippen LogP contribution in [0, 0.1) is 0 Å². The number of rotatable bonds is 2. The van der Waals surface area contributed by atoms with Crippen LogP contribution in [0.1, 0.15) is 15.9 Å². The van der Waals surface area contributed by atoms with Gasteiger partial charge in [-0.05, 0) is 23.8 Å². The number of carbonyl (C=O) groups is 1. The number of hydrogen-bond donors (Lipinski definition) is 2. The predicted octanol–water partition coefficient (Wildman–Crippen LogP) is 1.71. The zero-order valence-electron chi connectivity index (χ0n) is 6.25. The van der Waals surface area contributed by atoms with Crippen molar-refractivity contribution in [2.45, 2.75) is 5.88 Å². The Morgan fingerprint density at radius 2 is 2.25 bits per heavy atom. The van der Waals surface area contributed by atoms with Crippen LogP contribution in [0.25, 0.3) is 0 Å². The summed E-state index contributed by atoms with van der Waals surface area (Å²) < 4.78 is 0. The van der Waals surface area contributed by atoms with Crippen LogP contribution in [0.3, 0.4) is 0 Å². The Bertz CT molecular complexity index is 312. The Morgan fingerprint density at radius 1 is 1.58 bits per heavy atom. The minimum Gasteiger partial charge on any atom is -0.478 e. The van der Waals surface area contributed by atoms with Crippen LogP contribution in [0.2, 0.25) is 0 Å². The molecule has 0 aliphatic heterocycles. The lowest BCUT2D eigenvalue weighted by Crippen LogP contribution is -1.99. The first-order valence-electron chi connectivity index (χ1n) is 3.33. The molecule has 0 atom stereocenters. The zero-order valence-corrected chi connectivity index (χ0v) is 7.01. The molecule has 0 saturated heterocycles. The second kappa shape index (κ2) is 3.45. The van der Waals surface area contributed by atoms with Crippen molar-refractivity contribution in [3.8, 4) is 0 Å². The smallest absolute Gasteiger partial charge is 0.335 e. The average molecular weight is 186 g/mol. The molecule has 1 aromatic carbocycles. The van der Waals surface area contributed by atoms with Crippen molar-refractivity contribution in [3.63, 3.8) is 0 Å². The summed E-state index contributed by atoms with van der Waals surface area (Å²) in [5.41, 5.74) is 6.90. The van der Waals surface area contributed by atoms with Crippen molar-refractivity contribution in [1.82, 2.24) is 0 Å². The molecule has 0 aromatic heterocycles. The topological polar surface area (TPSA) is 63.3 Å². The van der Waals surface area contributed by atoms with Crippen LogP contribution in [0.15, 0.2) is 18.2 Å². The molecule has 0 radical (unpaired) electrons. The summed E-state index contributed by atoms with van der Waals surface area (Å²) in [7, 11) is 0. The number of anilines is 1. The maximum atomic E-state index is 10.5. The molecule has 1 aromatic rings. The lowest BCUT2D eigenvalue weighted by Gasteiger charge is -2.02. The number of alkyl halides is 1. The molecule has 0 aliphatic rings. The van der Waals surface area contributed by atoms with Gasteiger partial charge in [0.25, 0.3) is 0 Å². The van der Waals surface area contributed by atoms with Gasteiger partial charge in [-0.3, -0.25) is 0 Å². The van der Waals surface area contributed by atoms with E-state index in [-0.39, 0.29) is 11.4 Å². The highest BCUT2D eigenvalue weighted by Gasteiger charge is 2.04. The van der Waals surface area contributed by atoms with Crippen molar-refractivity contribution in [2.24, 2.45) is 0 Å². The summed E-state index contributed by atoms with van der Waals surface area (Å²) in [6.07, 6.45) is 0. The number of hydrogen-bond acceptors (Lipinski definition) is 2. The molecule has 0 amide bonds. The molecule has 0 heterocycles. The predicted molar refractivity (Wildman–Crippen MR) is 47.4 cm³/mol. The molecule has 64 valence electrons. The van der Waals surface area contributed by atoms with E-state index in [2.05, 4.69) is 0 Å². The van der Waals surface area contributed by atoms with Crippen molar-refractivity contribution >= 4 is 23.3 Å². The molecule has 3 N–H and O–H groups in total. The molecule has 0 saturated carbocycles. The van der Waals surface area contributed by atoms with Crippen molar-refractivity contribution in [3.05, 3.63) is 29.3 Å². The average Bonchev–Trinajstić information content (AvgIpc) is 2.05. The lowest BCUT2D eigenvalue weighted by atomic mass is 10.1. The Balaban J connectivity index is 3.13. The van der Waals surface area contributed by atoms with Crippen molar-refractivity contribution < 1.29 is 9.90 Å². The van der Waals surface area contributed by atoms with Gasteiger partial charge in [0, 0.05) is 11.6 Å². The van der Waals surface area contributed by atoms with Crippen LogP contribution < -0.4 is 5.73 Å². The van der Waals surface area contributed by atoms with Gasteiger partial charge in [0.15, 0.2) is 0 Å². The van der Waals surface area contributed by atoms with E-state index in [1.165, 1.54) is 12.1 Å². The molecule has 0 fully saturated rings. The molecule has 0 unspecified atom stereocenters. The van der Waals surface area contributed by atoms with Crippen LogP contribution in [-0.2, 0) is 5.88 Å². The van der Waals surface area contributed by atoms with Crippen LogP contribution in [-0.4, -0.2) is 11.1 Å². The fraction of sp³-hybridized carbons (Fsp3) is 0.125. The Labute approximate surface area is 74.8 Å². The molecule has 0 aliphatic carbocycles. The fourth-order valence-electron chi connectivity index (χ4n) is 0.855. The molecule has 0 bridgehead atoms. The van der Waals surface area contributed by atoms with Crippen LogP contribution in [0.5, 0.6) is 0 Å². The first kappa shape index (κ1) is 8.87. The normalized spacial score (nSPS) is 9.75. The highest BCUT2D eigenvalue weighted by atomic mass is 35.5. The number of carboxylic acid groups (broad SMARTS) is 1. The third kappa shape index (κ3) is 1.68. The Morgan fingerprint density at radius 3 is 2.75 bits per heavy atom. The quantitative estimate of drug-likeness (QED) is 0.545. The van der Waals surface area contributed by atoms with E-state index < -0.39 is 5.97 Å². The number of nitrogens with two attached hydrogens (primary N) is 1. The second-order valence-electron chi connectivity index (χ2n) is 2.35. The monoisotopic (exact) mass is 185 g/mol. The van der Waals surface area contributed by atoms with E-state index in [9.17, 15) is 4.79 Å². The number of nitrogen functional groups attached to an aromatic ring is 1. The van der Waals surface area contributed by atoms with Gasteiger partial charge in [-0.25, -0.2) is 4.79 Å². The Hall–Kier alpha value is -1.22. The fourth-order valence-corrected chi connectivity index (χ4v) is 1.09. The Kier molecular flexibility index (Phi) is 2.55. The molecular weight excluding hydrogens is 178 g/mol. The molecule has 3 nitrogen and oxygen atoms in total. The summed E-state index contributed by atoms with van der Waals surface area (Å²) in [5, 5.41) is 8.61. The maximum Gasteiger partial charge on any atom is 0.335 e. The summed E-state index contributed by atoms with van der Waals surface area (Å²) >= 11 is 5.54. The van der Waals surface area contributed by atoms with Crippen LogP contribution >= 0.6 is 11.6 Å².